The molecule has 1 N–H and O–H groups in total. The molecule has 0 spiro atoms. The lowest BCUT2D eigenvalue weighted by Crippen LogP contribution is -2.46. The average Bonchev–Trinajstić information content (AvgIpc) is 2.81. The van der Waals surface area contributed by atoms with Gasteiger partial charge in [0.1, 0.15) is 5.75 Å². The number of nitrogens with one attached hydrogen (secondary N) is 1. The number of ether oxygens (including phenoxy) is 1. The van der Waals surface area contributed by atoms with Gasteiger partial charge in [-0.2, -0.15) is 0 Å². The number of methoxy groups -OCH3 is 1. The van der Waals surface area contributed by atoms with Crippen molar-refractivity contribution >= 4 is 52.1 Å². The zero-order chi connectivity index (χ0) is 23.4. The van der Waals surface area contributed by atoms with E-state index in [0.717, 1.165) is 49.0 Å². The number of amides is 1. The van der Waals surface area contributed by atoms with Crippen LogP contribution in [0.5, 0.6) is 5.75 Å². The molecule has 1 saturated heterocycles. The standard InChI is InChI=1S/C25H24Cl3N3O2/c1-33-24-9-6-18(26)14-20(24)25(32)29-19-7-8-23(22(28)15-19)31-12-10-30(11-13-31)16-17-4-2-3-5-21(17)27/h2-9,14-15H,10-13,16H2,1H3,(H,29,32). The highest BCUT2D eigenvalue weighted by atomic mass is 35.5. The number of nitrogens with zero attached hydrogens (tertiary/aromatic N) is 2. The van der Waals surface area contributed by atoms with Crippen molar-refractivity contribution in [1.29, 1.82) is 0 Å². The Kier molecular flexibility index (Phi) is 7.66. The summed E-state index contributed by atoms with van der Waals surface area (Å²) in [6.45, 7) is 4.37. The molecule has 1 fully saturated rings. The Morgan fingerprint density at radius 3 is 2.39 bits per heavy atom. The minimum Gasteiger partial charge on any atom is -0.496 e. The maximum Gasteiger partial charge on any atom is 0.259 e. The van der Waals surface area contributed by atoms with Gasteiger partial charge in [-0.3, -0.25) is 9.69 Å². The van der Waals surface area contributed by atoms with Crippen LogP contribution in [0.1, 0.15) is 15.9 Å². The molecule has 0 radical (unpaired) electrons. The number of carbonyl (C=O) groups excluding carboxylic acids is 1. The van der Waals surface area contributed by atoms with Crippen molar-refractivity contribution in [3.8, 4) is 5.75 Å². The van der Waals surface area contributed by atoms with Crippen molar-refractivity contribution in [1.82, 2.24) is 4.90 Å². The lowest BCUT2D eigenvalue weighted by molar-refractivity contribution is 0.102. The van der Waals surface area contributed by atoms with Crippen LogP contribution >= 0.6 is 34.8 Å². The maximum absolute atomic E-state index is 12.7. The number of carbonyl (C=O) groups is 1. The van der Waals surface area contributed by atoms with Crippen molar-refractivity contribution in [2.45, 2.75) is 6.54 Å². The summed E-state index contributed by atoms with van der Waals surface area (Å²) < 4.78 is 5.27. The summed E-state index contributed by atoms with van der Waals surface area (Å²) in [7, 11) is 1.51. The van der Waals surface area contributed by atoms with Crippen LogP contribution in [-0.4, -0.2) is 44.1 Å². The third-order valence-corrected chi connectivity index (χ3v) is 6.58. The van der Waals surface area contributed by atoms with E-state index >= 15 is 0 Å². The number of anilines is 2. The van der Waals surface area contributed by atoms with Crippen LogP contribution in [0.3, 0.4) is 0 Å². The lowest BCUT2D eigenvalue weighted by atomic mass is 10.1. The molecule has 5 nitrogen and oxygen atoms in total. The molecule has 1 aliphatic heterocycles. The van der Waals surface area contributed by atoms with E-state index in [0.29, 0.717) is 27.0 Å². The molecule has 3 aromatic carbocycles. The first-order chi connectivity index (χ1) is 15.9. The van der Waals surface area contributed by atoms with Crippen LogP contribution in [0, 0.1) is 0 Å². The van der Waals surface area contributed by atoms with Crippen molar-refractivity contribution in [2.75, 3.05) is 43.5 Å². The Morgan fingerprint density at radius 2 is 1.70 bits per heavy atom. The van der Waals surface area contributed by atoms with Gasteiger partial charge in [0.2, 0.25) is 0 Å². The zero-order valence-corrected chi connectivity index (χ0v) is 20.4. The fourth-order valence-corrected chi connectivity index (χ4v) is 4.58. The minimum atomic E-state index is -0.314. The minimum absolute atomic E-state index is 0.314. The number of hydrogen-bond donors (Lipinski definition) is 1. The normalized spacial score (nSPS) is 14.2. The molecule has 172 valence electrons. The third-order valence-electron chi connectivity index (χ3n) is 5.68. The molecule has 0 atom stereocenters. The van der Waals surface area contributed by atoms with Crippen LogP contribution < -0.4 is 15.0 Å². The van der Waals surface area contributed by atoms with Crippen LogP contribution in [0.2, 0.25) is 15.1 Å². The molecule has 0 unspecified atom stereocenters. The van der Waals surface area contributed by atoms with Crippen LogP contribution in [0.4, 0.5) is 11.4 Å². The van der Waals surface area contributed by atoms with Gasteiger partial charge in [-0.15, -0.1) is 0 Å². The molecule has 8 heteroatoms. The van der Waals surface area contributed by atoms with E-state index in [4.69, 9.17) is 39.5 Å². The number of piperazine rings is 1. The van der Waals surface area contributed by atoms with Crippen molar-refractivity contribution in [3.05, 3.63) is 86.9 Å². The average molecular weight is 505 g/mol. The quantitative estimate of drug-likeness (QED) is 0.432. The summed E-state index contributed by atoms with van der Waals surface area (Å²) in [5.74, 6) is 0.139. The molecule has 4 rings (SSSR count). The molecular weight excluding hydrogens is 481 g/mol. The van der Waals surface area contributed by atoms with Gasteiger partial charge in [0.15, 0.2) is 0 Å². The second kappa shape index (κ2) is 10.7. The molecule has 1 aliphatic rings. The van der Waals surface area contributed by atoms with Crippen LogP contribution in [0.25, 0.3) is 0 Å². The predicted molar refractivity (Wildman–Crippen MR) is 136 cm³/mol. The second-order valence-electron chi connectivity index (χ2n) is 7.82. The first-order valence-corrected chi connectivity index (χ1v) is 11.7. The van der Waals surface area contributed by atoms with Crippen molar-refractivity contribution in [3.63, 3.8) is 0 Å². The molecular formula is C25H24Cl3N3O2. The maximum atomic E-state index is 12.7. The van der Waals surface area contributed by atoms with Gasteiger partial charge in [0.05, 0.1) is 23.4 Å². The second-order valence-corrected chi connectivity index (χ2v) is 9.07. The molecule has 0 saturated carbocycles. The van der Waals surface area contributed by atoms with Crippen LogP contribution in [-0.2, 0) is 6.54 Å². The summed E-state index contributed by atoms with van der Waals surface area (Å²) in [6, 6.07) is 18.4. The fourth-order valence-electron chi connectivity index (χ4n) is 3.91. The highest BCUT2D eigenvalue weighted by molar-refractivity contribution is 6.33. The highest BCUT2D eigenvalue weighted by Crippen LogP contribution is 2.31. The summed E-state index contributed by atoms with van der Waals surface area (Å²) in [4.78, 5) is 17.4. The summed E-state index contributed by atoms with van der Waals surface area (Å²) in [5, 5.41) is 4.72. The van der Waals surface area contributed by atoms with Crippen molar-refractivity contribution < 1.29 is 9.53 Å². The van der Waals surface area contributed by atoms with Gasteiger partial charge in [-0.25, -0.2) is 0 Å². The van der Waals surface area contributed by atoms with Crippen molar-refractivity contribution in [2.24, 2.45) is 0 Å². The van der Waals surface area contributed by atoms with E-state index in [1.807, 2.05) is 30.3 Å². The summed E-state index contributed by atoms with van der Waals surface area (Å²) in [5.41, 5.74) is 3.06. The summed E-state index contributed by atoms with van der Waals surface area (Å²) >= 11 is 18.9. The van der Waals surface area contributed by atoms with Gasteiger partial charge >= 0.3 is 0 Å². The van der Waals surface area contributed by atoms with Crippen LogP contribution in [0.15, 0.2) is 60.7 Å². The van der Waals surface area contributed by atoms with E-state index in [9.17, 15) is 4.79 Å². The molecule has 1 heterocycles. The number of hydrogen-bond acceptors (Lipinski definition) is 4. The number of rotatable bonds is 6. The Hall–Kier alpha value is -2.44. The van der Waals surface area contributed by atoms with Gasteiger partial charge in [-0.05, 0) is 48.0 Å². The van der Waals surface area contributed by atoms with Gasteiger partial charge in [-0.1, -0.05) is 53.0 Å². The molecule has 1 amide bonds. The Balaban J connectivity index is 1.39. The van der Waals surface area contributed by atoms with E-state index < -0.39 is 0 Å². The van der Waals surface area contributed by atoms with E-state index in [2.05, 4.69) is 21.2 Å². The fraction of sp³-hybridized carbons (Fsp3) is 0.240. The van der Waals surface area contributed by atoms with Gasteiger partial charge in [0.25, 0.3) is 5.91 Å². The largest absolute Gasteiger partial charge is 0.496 e. The van der Waals surface area contributed by atoms with E-state index in [1.54, 1.807) is 24.3 Å². The number of halogens is 3. The van der Waals surface area contributed by atoms with Gasteiger partial charge < -0.3 is 15.0 Å². The van der Waals surface area contributed by atoms with E-state index in [-0.39, 0.29) is 5.91 Å². The molecule has 0 bridgehead atoms. The smallest absolute Gasteiger partial charge is 0.259 e. The lowest BCUT2D eigenvalue weighted by Gasteiger charge is -2.36. The summed E-state index contributed by atoms with van der Waals surface area (Å²) in [6.07, 6.45) is 0. The SMILES string of the molecule is COc1ccc(Cl)cc1C(=O)Nc1ccc(N2CCN(Cc3ccccc3Cl)CC2)c(Cl)c1. The number of benzene rings is 3. The monoisotopic (exact) mass is 503 g/mol. The predicted octanol–water partition coefficient (Wildman–Crippen LogP) is 6.23. The van der Waals surface area contributed by atoms with E-state index in [1.165, 1.54) is 7.11 Å². The molecule has 0 aliphatic carbocycles. The molecule has 3 aromatic rings. The first kappa shape index (κ1) is 23.7. The highest BCUT2D eigenvalue weighted by Gasteiger charge is 2.20. The Labute approximate surface area is 208 Å². The molecule has 33 heavy (non-hydrogen) atoms. The third kappa shape index (κ3) is 5.74. The first-order valence-electron chi connectivity index (χ1n) is 10.6. The Bertz CT molecular complexity index is 1150. The topological polar surface area (TPSA) is 44.8 Å². The van der Waals surface area contributed by atoms with Gasteiger partial charge in [0, 0.05) is 48.5 Å². The zero-order valence-electron chi connectivity index (χ0n) is 18.2. The molecule has 0 aromatic heterocycles. The Morgan fingerprint density at radius 1 is 0.939 bits per heavy atom.